The molecule has 0 radical (unpaired) electrons. The van der Waals surface area contributed by atoms with Crippen molar-refractivity contribution in [2.45, 2.75) is 29.3 Å². The van der Waals surface area contributed by atoms with E-state index >= 15 is 0 Å². The maximum Gasteiger partial charge on any atom is 0.243 e. The van der Waals surface area contributed by atoms with Crippen LogP contribution in [0.25, 0.3) is 11.1 Å². The molecular formula is C35H38N4O4S2. The van der Waals surface area contributed by atoms with Crippen molar-refractivity contribution in [3.8, 4) is 11.1 Å². The van der Waals surface area contributed by atoms with Gasteiger partial charge in [0.05, 0.1) is 9.79 Å². The van der Waals surface area contributed by atoms with Crippen LogP contribution in [0.4, 0.5) is 0 Å². The summed E-state index contributed by atoms with van der Waals surface area (Å²) in [6.45, 7) is 6.17. The lowest BCUT2D eigenvalue weighted by Crippen LogP contribution is -2.48. The summed E-state index contributed by atoms with van der Waals surface area (Å²) in [6, 6.07) is 31.2. The van der Waals surface area contributed by atoms with Gasteiger partial charge in [-0.1, -0.05) is 72.8 Å². The quantitative estimate of drug-likeness (QED) is 0.252. The molecule has 10 heteroatoms. The average molecular weight is 643 g/mol. The molecule has 0 aromatic heterocycles. The summed E-state index contributed by atoms with van der Waals surface area (Å²) in [4.78, 5) is 5.17. The third kappa shape index (κ3) is 6.23. The smallest absolute Gasteiger partial charge is 0.243 e. The van der Waals surface area contributed by atoms with E-state index in [-0.39, 0.29) is 0 Å². The minimum Gasteiger partial charge on any atom is -0.296 e. The third-order valence-electron chi connectivity index (χ3n) is 9.26. The van der Waals surface area contributed by atoms with E-state index in [1.807, 2.05) is 48.5 Å². The van der Waals surface area contributed by atoms with Gasteiger partial charge in [0.15, 0.2) is 0 Å². The molecule has 0 atom stereocenters. The zero-order chi connectivity index (χ0) is 31.0. The number of rotatable bonds is 8. The molecule has 0 bridgehead atoms. The minimum absolute atomic E-state index is 0.298. The average Bonchev–Trinajstić information content (AvgIpc) is 3.44. The SMILES string of the molecule is O=S(=O)(c1ccc2c(c1)Cc1cc(S(=O)(=O)N3CCN(Cc4ccccc4)CC3)ccc1-2)N1CCN(Cc2ccccc2)CC1. The molecular weight excluding hydrogens is 605 g/mol. The summed E-state index contributed by atoms with van der Waals surface area (Å²) >= 11 is 0. The van der Waals surface area contributed by atoms with E-state index in [0.29, 0.717) is 68.6 Å². The predicted octanol–water partition coefficient (Wildman–Crippen LogP) is 4.27. The van der Waals surface area contributed by atoms with E-state index in [2.05, 4.69) is 34.1 Å². The number of benzene rings is 4. The van der Waals surface area contributed by atoms with Crippen LogP contribution in [0.15, 0.2) is 107 Å². The maximum absolute atomic E-state index is 13.6. The molecule has 0 unspecified atom stereocenters. The van der Waals surface area contributed by atoms with E-state index in [1.165, 1.54) is 11.1 Å². The Kier molecular flexibility index (Phi) is 8.37. The van der Waals surface area contributed by atoms with Crippen LogP contribution in [-0.4, -0.2) is 87.6 Å². The van der Waals surface area contributed by atoms with Crippen molar-refractivity contribution < 1.29 is 16.8 Å². The van der Waals surface area contributed by atoms with Crippen LogP contribution in [0.2, 0.25) is 0 Å². The molecule has 0 amide bonds. The van der Waals surface area contributed by atoms with Gasteiger partial charge < -0.3 is 0 Å². The fourth-order valence-electron chi connectivity index (χ4n) is 6.72. The first-order chi connectivity index (χ1) is 21.8. The second-order valence-electron chi connectivity index (χ2n) is 12.1. The molecule has 234 valence electrons. The van der Waals surface area contributed by atoms with Gasteiger partial charge in [0.25, 0.3) is 0 Å². The van der Waals surface area contributed by atoms with E-state index in [1.54, 1.807) is 32.9 Å². The highest BCUT2D eigenvalue weighted by Crippen LogP contribution is 2.39. The Bertz CT molecular complexity index is 1750. The lowest BCUT2D eigenvalue weighted by Gasteiger charge is -2.34. The molecule has 1 aliphatic carbocycles. The lowest BCUT2D eigenvalue weighted by molar-refractivity contribution is 0.181. The minimum atomic E-state index is -3.64. The van der Waals surface area contributed by atoms with Crippen LogP contribution >= 0.6 is 0 Å². The Labute approximate surface area is 266 Å². The normalized spacial score (nSPS) is 18.5. The first-order valence-electron chi connectivity index (χ1n) is 15.6. The number of nitrogens with zero attached hydrogens (tertiary/aromatic N) is 4. The van der Waals surface area contributed by atoms with Gasteiger partial charge in [-0.3, -0.25) is 9.80 Å². The van der Waals surface area contributed by atoms with Crippen LogP contribution in [0.1, 0.15) is 22.3 Å². The molecule has 7 rings (SSSR count). The van der Waals surface area contributed by atoms with Crippen molar-refractivity contribution in [2.24, 2.45) is 0 Å². The van der Waals surface area contributed by atoms with Gasteiger partial charge >= 0.3 is 0 Å². The van der Waals surface area contributed by atoms with Crippen LogP contribution < -0.4 is 0 Å². The highest BCUT2D eigenvalue weighted by molar-refractivity contribution is 7.89. The van der Waals surface area contributed by atoms with Crippen LogP contribution in [0.5, 0.6) is 0 Å². The van der Waals surface area contributed by atoms with Crippen molar-refractivity contribution in [1.29, 1.82) is 0 Å². The summed E-state index contributed by atoms with van der Waals surface area (Å²) in [5.41, 5.74) is 6.22. The largest absolute Gasteiger partial charge is 0.296 e. The van der Waals surface area contributed by atoms with Crippen molar-refractivity contribution in [3.05, 3.63) is 119 Å². The molecule has 2 aliphatic heterocycles. The lowest BCUT2D eigenvalue weighted by atomic mass is 10.1. The van der Waals surface area contributed by atoms with E-state index < -0.39 is 20.0 Å². The number of hydrogen-bond acceptors (Lipinski definition) is 6. The predicted molar refractivity (Wildman–Crippen MR) is 176 cm³/mol. The van der Waals surface area contributed by atoms with Gasteiger partial charge in [-0.05, 0) is 64.1 Å². The molecule has 2 fully saturated rings. The van der Waals surface area contributed by atoms with Gasteiger partial charge in [-0.15, -0.1) is 0 Å². The number of sulfonamides is 2. The zero-order valence-electron chi connectivity index (χ0n) is 25.3. The molecule has 3 aliphatic rings. The fraction of sp³-hybridized carbons (Fsp3) is 0.314. The Morgan fingerprint density at radius 2 is 0.844 bits per heavy atom. The van der Waals surface area contributed by atoms with Gasteiger partial charge in [-0.25, -0.2) is 16.8 Å². The van der Waals surface area contributed by atoms with Gasteiger partial charge in [0.1, 0.15) is 0 Å². The number of fused-ring (bicyclic) bond motifs is 3. The van der Waals surface area contributed by atoms with Crippen molar-refractivity contribution in [1.82, 2.24) is 18.4 Å². The van der Waals surface area contributed by atoms with Gasteiger partial charge in [-0.2, -0.15) is 8.61 Å². The molecule has 2 saturated heterocycles. The van der Waals surface area contributed by atoms with E-state index in [4.69, 9.17) is 0 Å². The standard InChI is InChI=1S/C35H38N4O4S2/c40-44(41,38-19-15-36(16-20-38)26-28-7-3-1-4-8-28)32-11-13-34-30(24-32)23-31-25-33(12-14-35(31)34)45(42,43)39-21-17-37(18-22-39)27-29-9-5-2-6-10-29/h1-14,24-25H,15-23,26-27H2. The molecule has 0 N–H and O–H groups in total. The van der Waals surface area contributed by atoms with Crippen molar-refractivity contribution in [2.75, 3.05) is 52.4 Å². The highest BCUT2D eigenvalue weighted by atomic mass is 32.2. The zero-order valence-corrected chi connectivity index (χ0v) is 26.9. The molecule has 8 nitrogen and oxygen atoms in total. The first kappa shape index (κ1) is 30.3. The van der Waals surface area contributed by atoms with Crippen molar-refractivity contribution in [3.63, 3.8) is 0 Å². The fourth-order valence-corrected chi connectivity index (χ4v) is 9.67. The number of piperazine rings is 2. The Hall–Kier alpha value is -3.38. The Balaban J connectivity index is 1.00. The Morgan fingerprint density at radius 3 is 1.22 bits per heavy atom. The number of hydrogen-bond donors (Lipinski definition) is 0. The third-order valence-corrected chi connectivity index (χ3v) is 13.0. The van der Waals surface area contributed by atoms with E-state index in [0.717, 1.165) is 35.3 Å². The summed E-state index contributed by atoms with van der Waals surface area (Å²) in [7, 11) is -7.28. The van der Waals surface area contributed by atoms with Gasteiger partial charge in [0, 0.05) is 65.4 Å². The van der Waals surface area contributed by atoms with Crippen LogP contribution in [0.3, 0.4) is 0 Å². The second-order valence-corrected chi connectivity index (χ2v) is 16.0. The van der Waals surface area contributed by atoms with Crippen molar-refractivity contribution >= 4 is 20.0 Å². The first-order valence-corrected chi connectivity index (χ1v) is 18.4. The monoisotopic (exact) mass is 642 g/mol. The summed E-state index contributed by atoms with van der Waals surface area (Å²) < 4.78 is 57.7. The molecule has 0 spiro atoms. The molecule has 2 heterocycles. The van der Waals surface area contributed by atoms with Gasteiger partial charge in [0.2, 0.25) is 20.0 Å². The molecule has 4 aromatic rings. The van der Waals surface area contributed by atoms with E-state index in [9.17, 15) is 16.8 Å². The highest BCUT2D eigenvalue weighted by Gasteiger charge is 2.32. The molecule has 45 heavy (non-hydrogen) atoms. The molecule has 0 saturated carbocycles. The maximum atomic E-state index is 13.6. The Morgan fingerprint density at radius 1 is 0.467 bits per heavy atom. The summed E-state index contributed by atoms with van der Waals surface area (Å²) in [6.07, 6.45) is 0.507. The van der Waals surface area contributed by atoms with Crippen LogP contribution in [0, 0.1) is 0 Å². The topological polar surface area (TPSA) is 81.2 Å². The second kappa shape index (κ2) is 12.4. The molecule has 4 aromatic carbocycles. The summed E-state index contributed by atoms with van der Waals surface area (Å²) in [5.74, 6) is 0. The summed E-state index contributed by atoms with van der Waals surface area (Å²) in [5, 5.41) is 0. The van der Waals surface area contributed by atoms with Crippen LogP contribution in [-0.2, 0) is 39.6 Å².